The van der Waals surface area contributed by atoms with Crippen molar-refractivity contribution in [1.82, 2.24) is 14.5 Å². The summed E-state index contributed by atoms with van der Waals surface area (Å²) in [5.74, 6) is 0.736. The van der Waals surface area contributed by atoms with E-state index < -0.39 is 0 Å². The molecule has 10 aromatic rings. The Bertz CT molecular complexity index is 2790. The maximum absolute atomic E-state index is 5.11. The highest BCUT2D eigenvalue weighted by Gasteiger charge is 2.19. The summed E-state index contributed by atoms with van der Waals surface area (Å²) in [5.41, 5.74) is 7.54. The smallest absolute Gasteiger partial charge is 0.160 e. The predicted molar refractivity (Wildman–Crippen MR) is 195 cm³/mol. The first-order chi connectivity index (χ1) is 22.8. The highest BCUT2D eigenvalue weighted by atomic mass is 32.1. The van der Waals surface area contributed by atoms with E-state index in [4.69, 9.17) is 9.97 Å². The summed E-state index contributed by atoms with van der Waals surface area (Å²) < 4.78 is 5.11. The van der Waals surface area contributed by atoms with Crippen molar-refractivity contribution in [3.05, 3.63) is 152 Å². The number of nitrogens with zero attached hydrogens (tertiary/aromatic N) is 3. The summed E-state index contributed by atoms with van der Waals surface area (Å²) in [7, 11) is 0. The molecule has 4 heteroatoms. The molecule has 0 spiro atoms. The number of para-hydroxylation sites is 2. The Morgan fingerprint density at radius 1 is 0.478 bits per heavy atom. The molecule has 3 heterocycles. The maximum atomic E-state index is 5.11. The van der Waals surface area contributed by atoms with Crippen LogP contribution in [0.1, 0.15) is 0 Å². The lowest BCUT2D eigenvalue weighted by molar-refractivity contribution is 1.18. The van der Waals surface area contributed by atoms with E-state index in [-0.39, 0.29) is 0 Å². The second-order valence-corrected chi connectivity index (χ2v) is 12.8. The molecule has 3 aromatic heterocycles. The van der Waals surface area contributed by atoms with E-state index in [0.717, 1.165) is 39.2 Å². The van der Waals surface area contributed by atoms with Crippen molar-refractivity contribution < 1.29 is 0 Å². The first-order valence-electron chi connectivity index (χ1n) is 15.5. The third kappa shape index (κ3) is 3.71. The Morgan fingerprint density at radius 2 is 1.17 bits per heavy atom. The van der Waals surface area contributed by atoms with E-state index >= 15 is 0 Å². The average molecular weight is 604 g/mol. The van der Waals surface area contributed by atoms with Crippen molar-refractivity contribution in [1.29, 1.82) is 0 Å². The Morgan fingerprint density at radius 3 is 2.02 bits per heavy atom. The van der Waals surface area contributed by atoms with Gasteiger partial charge in [-0.05, 0) is 35.7 Å². The zero-order valence-electron chi connectivity index (χ0n) is 24.7. The molecule has 214 valence electrons. The van der Waals surface area contributed by atoms with Crippen LogP contribution < -0.4 is 0 Å². The molecular formula is C42H25N3S. The van der Waals surface area contributed by atoms with Crippen LogP contribution in [0.25, 0.3) is 92.0 Å². The highest BCUT2D eigenvalue weighted by molar-refractivity contribution is 7.26. The first kappa shape index (κ1) is 25.5. The quantitative estimate of drug-likeness (QED) is 0.201. The zero-order chi connectivity index (χ0) is 30.2. The standard InChI is InChI=1S/C42H25N3S/c1-2-10-28(11-3-1)42-43-35-15-7-4-14-34(35)39(44-42)27-18-22-29(23-19-27)45-36-16-8-5-12-30(36)32-24-20-26-21-25-33-31-13-6-9-17-37(31)46-41(33)38(26)40(32)45/h1-25H. The third-order valence-electron chi connectivity index (χ3n) is 9.19. The highest BCUT2D eigenvalue weighted by Crippen LogP contribution is 2.44. The molecule has 0 saturated heterocycles. The van der Waals surface area contributed by atoms with Gasteiger partial charge < -0.3 is 4.57 Å². The normalized spacial score (nSPS) is 11.9. The Balaban J connectivity index is 1.23. The minimum Gasteiger partial charge on any atom is -0.309 e. The number of thiophene rings is 1. The Kier molecular flexibility index (Phi) is 5.45. The van der Waals surface area contributed by atoms with Crippen molar-refractivity contribution in [2.75, 3.05) is 0 Å². The lowest BCUT2D eigenvalue weighted by atomic mass is 10.0. The van der Waals surface area contributed by atoms with E-state index in [1.165, 1.54) is 52.8 Å². The molecule has 3 nitrogen and oxygen atoms in total. The monoisotopic (exact) mass is 603 g/mol. The van der Waals surface area contributed by atoms with E-state index in [2.05, 4.69) is 132 Å². The molecule has 0 radical (unpaired) electrons. The van der Waals surface area contributed by atoms with Gasteiger partial charge in [0.15, 0.2) is 5.82 Å². The Hall–Kier alpha value is -5.84. The summed E-state index contributed by atoms with van der Waals surface area (Å²) in [4.78, 5) is 10.0. The minimum absolute atomic E-state index is 0.736. The van der Waals surface area contributed by atoms with Gasteiger partial charge in [-0.1, -0.05) is 121 Å². The zero-order valence-corrected chi connectivity index (χ0v) is 25.5. The fraction of sp³-hybridized carbons (Fsp3) is 0. The second-order valence-electron chi connectivity index (χ2n) is 11.8. The molecule has 7 aromatic carbocycles. The minimum atomic E-state index is 0.736. The molecule has 0 aliphatic carbocycles. The fourth-order valence-corrected chi connectivity index (χ4v) is 8.35. The molecule has 0 aliphatic rings. The van der Waals surface area contributed by atoms with Crippen LogP contribution in [0.15, 0.2) is 152 Å². The van der Waals surface area contributed by atoms with Gasteiger partial charge in [0.25, 0.3) is 0 Å². The van der Waals surface area contributed by atoms with Crippen LogP contribution in [0, 0.1) is 0 Å². The molecule has 0 bridgehead atoms. The van der Waals surface area contributed by atoms with E-state index in [9.17, 15) is 0 Å². The number of benzene rings is 7. The molecule has 0 atom stereocenters. The summed E-state index contributed by atoms with van der Waals surface area (Å²) in [6.45, 7) is 0. The molecule has 0 aliphatic heterocycles. The maximum Gasteiger partial charge on any atom is 0.160 e. The van der Waals surface area contributed by atoms with Gasteiger partial charge in [-0.25, -0.2) is 9.97 Å². The summed E-state index contributed by atoms with van der Waals surface area (Å²) in [5, 5.41) is 8.78. The number of fused-ring (bicyclic) bond motifs is 10. The van der Waals surface area contributed by atoms with Gasteiger partial charge in [0.1, 0.15) is 0 Å². The van der Waals surface area contributed by atoms with Crippen LogP contribution in [-0.4, -0.2) is 14.5 Å². The van der Waals surface area contributed by atoms with Crippen LogP contribution in [-0.2, 0) is 0 Å². The molecule has 46 heavy (non-hydrogen) atoms. The molecule has 0 N–H and O–H groups in total. The largest absolute Gasteiger partial charge is 0.309 e. The van der Waals surface area contributed by atoms with Gasteiger partial charge in [0, 0.05) is 58.5 Å². The van der Waals surface area contributed by atoms with Crippen LogP contribution in [0.4, 0.5) is 0 Å². The van der Waals surface area contributed by atoms with Crippen molar-refractivity contribution in [3.63, 3.8) is 0 Å². The molecule has 0 unspecified atom stereocenters. The number of hydrogen-bond acceptors (Lipinski definition) is 3. The third-order valence-corrected chi connectivity index (χ3v) is 10.4. The van der Waals surface area contributed by atoms with E-state index in [1.54, 1.807) is 0 Å². The first-order valence-corrected chi connectivity index (χ1v) is 16.3. The van der Waals surface area contributed by atoms with Crippen LogP contribution in [0.5, 0.6) is 0 Å². The number of rotatable bonds is 3. The van der Waals surface area contributed by atoms with Crippen molar-refractivity contribution in [2.24, 2.45) is 0 Å². The number of aromatic nitrogens is 3. The molecular weight excluding hydrogens is 579 g/mol. The van der Waals surface area contributed by atoms with Gasteiger partial charge in [-0.3, -0.25) is 0 Å². The van der Waals surface area contributed by atoms with Gasteiger partial charge in [0.2, 0.25) is 0 Å². The molecule has 0 saturated carbocycles. The lowest BCUT2D eigenvalue weighted by Crippen LogP contribution is -1.97. The van der Waals surface area contributed by atoms with E-state index in [1.807, 2.05) is 35.6 Å². The molecule has 10 rings (SSSR count). The SMILES string of the molecule is c1ccc(-c2nc(-c3ccc(-n4c5ccccc5c5ccc6ccc7c8ccccc8sc7c6c54)cc3)c3ccccc3n2)cc1. The van der Waals surface area contributed by atoms with Crippen molar-refractivity contribution in [3.8, 4) is 28.3 Å². The Labute approximate surface area is 268 Å². The average Bonchev–Trinajstić information content (AvgIpc) is 3.68. The summed E-state index contributed by atoms with van der Waals surface area (Å²) >= 11 is 1.89. The van der Waals surface area contributed by atoms with Gasteiger partial charge in [-0.15, -0.1) is 11.3 Å². The van der Waals surface area contributed by atoms with Gasteiger partial charge in [0.05, 0.1) is 22.2 Å². The second kappa shape index (κ2) is 9.83. The van der Waals surface area contributed by atoms with Crippen molar-refractivity contribution >= 4 is 75.0 Å². The van der Waals surface area contributed by atoms with Crippen LogP contribution in [0.2, 0.25) is 0 Å². The fourth-order valence-electron chi connectivity index (χ4n) is 7.09. The molecule has 0 amide bonds. The van der Waals surface area contributed by atoms with E-state index in [0.29, 0.717) is 0 Å². The summed E-state index contributed by atoms with van der Waals surface area (Å²) in [6.07, 6.45) is 0. The number of hydrogen-bond donors (Lipinski definition) is 0. The van der Waals surface area contributed by atoms with Crippen molar-refractivity contribution in [2.45, 2.75) is 0 Å². The summed E-state index contributed by atoms with van der Waals surface area (Å²) in [6, 6.07) is 54.1. The van der Waals surface area contributed by atoms with Crippen LogP contribution in [0.3, 0.4) is 0 Å². The molecule has 0 fully saturated rings. The van der Waals surface area contributed by atoms with Crippen LogP contribution >= 0.6 is 11.3 Å². The van der Waals surface area contributed by atoms with Gasteiger partial charge >= 0.3 is 0 Å². The van der Waals surface area contributed by atoms with Gasteiger partial charge in [-0.2, -0.15) is 0 Å². The lowest BCUT2D eigenvalue weighted by Gasteiger charge is -2.13. The predicted octanol–water partition coefficient (Wildman–Crippen LogP) is 11.6. The topological polar surface area (TPSA) is 30.7 Å².